The molecule has 0 fully saturated rings. The van der Waals surface area contributed by atoms with E-state index >= 15 is 0 Å². The molecule has 1 amide bonds. The van der Waals surface area contributed by atoms with Crippen molar-refractivity contribution in [3.63, 3.8) is 0 Å². The summed E-state index contributed by atoms with van der Waals surface area (Å²) < 4.78 is 10.6. The van der Waals surface area contributed by atoms with Gasteiger partial charge in [-0.05, 0) is 42.3 Å². The fraction of sp³-hybridized carbons (Fsp3) is 0.250. The van der Waals surface area contributed by atoms with E-state index in [1.807, 2.05) is 48.5 Å². The van der Waals surface area contributed by atoms with E-state index in [9.17, 15) is 4.79 Å². The molecule has 2 rings (SSSR count). The molecule has 25 heavy (non-hydrogen) atoms. The van der Waals surface area contributed by atoms with E-state index in [-0.39, 0.29) is 5.91 Å². The van der Waals surface area contributed by atoms with Crippen LogP contribution in [0.5, 0.6) is 11.5 Å². The number of carbonyl (C=O) groups is 1. The molecule has 0 aromatic heterocycles. The number of carbonyl (C=O) groups excluding carboxylic acids is 1. The predicted molar refractivity (Wildman–Crippen MR) is 104 cm³/mol. The Balaban J connectivity index is 2.01. The molecular formula is C20H23NO3S. The van der Waals surface area contributed by atoms with Crippen LogP contribution in [0.25, 0.3) is 0 Å². The van der Waals surface area contributed by atoms with Crippen LogP contribution in [0, 0.1) is 0 Å². The summed E-state index contributed by atoms with van der Waals surface area (Å²) in [6.07, 6.45) is 2.79. The number of ether oxygens (including phenoxy) is 2. The van der Waals surface area contributed by atoms with Crippen molar-refractivity contribution in [3.05, 3.63) is 60.7 Å². The van der Waals surface area contributed by atoms with Crippen molar-refractivity contribution in [2.75, 3.05) is 25.3 Å². The molecule has 1 N–H and O–H groups in total. The van der Waals surface area contributed by atoms with Crippen molar-refractivity contribution >= 4 is 23.4 Å². The maximum absolute atomic E-state index is 12.4. The second kappa shape index (κ2) is 9.79. The molecule has 0 heterocycles. The third-order valence-corrected chi connectivity index (χ3v) is 4.70. The summed E-state index contributed by atoms with van der Waals surface area (Å²) in [7, 11) is 3.24. The molecule has 0 spiro atoms. The number of rotatable bonds is 9. The van der Waals surface area contributed by atoms with Gasteiger partial charge in [-0.15, -0.1) is 18.3 Å². The molecule has 0 atom stereocenters. The summed E-state index contributed by atoms with van der Waals surface area (Å²) in [5, 5.41) is 2.99. The molecular weight excluding hydrogens is 334 g/mol. The molecule has 0 radical (unpaired) electrons. The van der Waals surface area contributed by atoms with Crippen LogP contribution in [0.1, 0.15) is 12.0 Å². The number of nitrogens with one attached hydrogen (secondary N) is 1. The third-order valence-electron chi connectivity index (χ3n) is 3.63. The highest BCUT2D eigenvalue weighted by Crippen LogP contribution is 2.28. The lowest BCUT2D eigenvalue weighted by Crippen LogP contribution is -2.13. The average molecular weight is 357 g/mol. The first kappa shape index (κ1) is 18.9. The Kier molecular flexibility index (Phi) is 7.41. The van der Waals surface area contributed by atoms with Crippen LogP contribution in [-0.4, -0.2) is 25.9 Å². The van der Waals surface area contributed by atoms with Crippen molar-refractivity contribution in [1.82, 2.24) is 0 Å². The van der Waals surface area contributed by atoms with Crippen LogP contribution in [-0.2, 0) is 11.2 Å². The van der Waals surface area contributed by atoms with Crippen LogP contribution < -0.4 is 14.8 Å². The monoisotopic (exact) mass is 357 g/mol. The van der Waals surface area contributed by atoms with E-state index in [0.29, 0.717) is 12.8 Å². The molecule has 0 saturated heterocycles. The standard InChI is InChI=1S/C20H23NO3S/c1-4-13-25-19-8-6-5-7-17(19)21-20(22)12-9-15-14-16(23-2)10-11-18(15)24-3/h4-8,10-11,14H,1,9,12-13H2,2-3H3,(H,21,22). The number of aryl methyl sites for hydroxylation is 1. The fourth-order valence-electron chi connectivity index (χ4n) is 2.38. The summed E-state index contributed by atoms with van der Waals surface area (Å²) >= 11 is 1.65. The Morgan fingerprint density at radius 3 is 2.72 bits per heavy atom. The second-order valence-corrected chi connectivity index (χ2v) is 6.38. The Hall–Kier alpha value is -2.40. The van der Waals surface area contributed by atoms with E-state index < -0.39 is 0 Å². The maximum atomic E-state index is 12.4. The van der Waals surface area contributed by atoms with Gasteiger partial charge in [0.2, 0.25) is 5.91 Å². The Morgan fingerprint density at radius 1 is 1.20 bits per heavy atom. The molecule has 0 unspecified atom stereocenters. The Morgan fingerprint density at radius 2 is 2.00 bits per heavy atom. The summed E-state index contributed by atoms with van der Waals surface area (Å²) in [5.41, 5.74) is 1.78. The number of thioether (sulfide) groups is 1. The molecule has 5 heteroatoms. The topological polar surface area (TPSA) is 47.6 Å². The van der Waals surface area contributed by atoms with Gasteiger partial charge in [0.25, 0.3) is 0 Å². The zero-order valence-electron chi connectivity index (χ0n) is 14.6. The lowest BCUT2D eigenvalue weighted by Gasteiger charge is -2.12. The number of benzene rings is 2. The van der Waals surface area contributed by atoms with Gasteiger partial charge in [-0.3, -0.25) is 4.79 Å². The van der Waals surface area contributed by atoms with Crippen LogP contribution in [0.4, 0.5) is 5.69 Å². The SMILES string of the molecule is C=CCSc1ccccc1NC(=O)CCc1cc(OC)ccc1OC. The second-order valence-electron chi connectivity index (χ2n) is 5.32. The largest absolute Gasteiger partial charge is 0.497 e. The van der Waals surface area contributed by atoms with Crippen molar-refractivity contribution in [1.29, 1.82) is 0 Å². The number of hydrogen-bond acceptors (Lipinski definition) is 4. The average Bonchev–Trinajstić information content (AvgIpc) is 2.65. The fourth-order valence-corrected chi connectivity index (χ4v) is 3.13. The van der Waals surface area contributed by atoms with Crippen LogP contribution in [0.2, 0.25) is 0 Å². The summed E-state index contributed by atoms with van der Waals surface area (Å²) in [6.45, 7) is 3.73. The highest BCUT2D eigenvalue weighted by Gasteiger charge is 2.10. The van der Waals surface area contributed by atoms with E-state index in [0.717, 1.165) is 33.4 Å². The first-order valence-electron chi connectivity index (χ1n) is 8.01. The molecule has 2 aromatic carbocycles. The van der Waals surface area contributed by atoms with Crippen LogP contribution in [0.15, 0.2) is 60.0 Å². The van der Waals surface area contributed by atoms with E-state index in [4.69, 9.17) is 9.47 Å². The number of methoxy groups -OCH3 is 2. The first-order chi connectivity index (χ1) is 12.2. The summed E-state index contributed by atoms with van der Waals surface area (Å²) in [5.74, 6) is 2.28. The molecule has 0 bridgehead atoms. The molecule has 132 valence electrons. The highest BCUT2D eigenvalue weighted by molar-refractivity contribution is 7.99. The lowest BCUT2D eigenvalue weighted by atomic mass is 10.1. The van der Waals surface area contributed by atoms with Crippen molar-refractivity contribution in [2.45, 2.75) is 17.7 Å². The van der Waals surface area contributed by atoms with Crippen molar-refractivity contribution in [3.8, 4) is 11.5 Å². The van der Waals surface area contributed by atoms with E-state index in [1.54, 1.807) is 26.0 Å². The van der Waals surface area contributed by atoms with Gasteiger partial charge < -0.3 is 14.8 Å². The van der Waals surface area contributed by atoms with Crippen molar-refractivity contribution < 1.29 is 14.3 Å². The van der Waals surface area contributed by atoms with Crippen LogP contribution >= 0.6 is 11.8 Å². The van der Waals surface area contributed by atoms with Crippen molar-refractivity contribution in [2.24, 2.45) is 0 Å². The highest BCUT2D eigenvalue weighted by atomic mass is 32.2. The minimum Gasteiger partial charge on any atom is -0.497 e. The van der Waals surface area contributed by atoms with E-state index in [1.165, 1.54) is 0 Å². The van der Waals surface area contributed by atoms with Gasteiger partial charge in [0, 0.05) is 17.1 Å². The van der Waals surface area contributed by atoms with Gasteiger partial charge in [0.1, 0.15) is 11.5 Å². The van der Waals surface area contributed by atoms with E-state index in [2.05, 4.69) is 11.9 Å². The van der Waals surface area contributed by atoms with Gasteiger partial charge >= 0.3 is 0 Å². The molecule has 2 aromatic rings. The zero-order chi connectivity index (χ0) is 18.1. The minimum absolute atomic E-state index is 0.0310. The first-order valence-corrected chi connectivity index (χ1v) is 9.00. The quantitative estimate of drug-likeness (QED) is 0.528. The van der Waals surface area contributed by atoms with Gasteiger partial charge in [-0.1, -0.05) is 18.2 Å². The smallest absolute Gasteiger partial charge is 0.224 e. The van der Waals surface area contributed by atoms with Gasteiger partial charge in [-0.25, -0.2) is 0 Å². The normalized spacial score (nSPS) is 10.2. The van der Waals surface area contributed by atoms with Gasteiger partial charge in [-0.2, -0.15) is 0 Å². The molecule has 0 aliphatic carbocycles. The molecule has 0 saturated carbocycles. The number of amides is 1. The van der Waals surface area contributed by atoms with Gasteiger partial charge in [0.15, 0.2) is 0 Å². The summed E-state index contributed by atoms with van der Waals surface area (Å²) in [6, 6.07) is 13.4. The maximum Gasteiger partial charge on any atom is 0.224 e. The number of anilines is 1. The predicted octanol–water partition coefficient (Wildman–Crippen LogP) is 4.55. The Bertz CT molecular complexity index is 731. The zero-order valence-corrected chi connectivity index (χ0v) is 15.4. The molecule has 0 aliphatic rings. The molecule has 0 aliphatic heterocycles. The Labute approximate surface area is 153 Å². The lowest BCUT2D eigenvalue weighted by molar-refractivity contribution is -0.116. The van der Waals surface area contributed by atoms with Crippen LogP contribution in [0.3, 0.4) is 0 Å². The molecule has 4 nitrogen and oxygen atoms in total. The van der Waals surface area contributed by atoms with Gasteiger partial charge in [0.05, 0.1) is 19.9 Å². The third kappa shape index (κ3) is 5.57. The number of para-hydroxylation sites is 1. The summed E-state index contributed by atoms with van der Waals surface area (Å²) in [4.78, 5) is 13.4. The number of hydrogen-bond donors (Lipinski definition) is 1. The minimum atomic E-state index is -0.0310.